The zero-order valence-corrected chi connectivity index (χ0v) is 13.4. The van der Waals surface area contributed by atoms with Crippen LogP contribution in [0.1, 0.15) is 24.9 Å². The van der Waals surface area contributed by atoms with Crippen LogP contribution < -0.4 is 10.9 Å². The van der Waals surface area contributed by atoms with Gasteiger partial charge in [-0.25, -0.2) is 4.98 Å². The van der Waals surface area contributed by atoms with Gasteiger partial charge in [-0.2, -0.15) is 0 Å². The summed E-state index contributed by atoms with van der Waals surface area (Å²) in [5, 5.41) is 5.36. The maximum atomic E-state index is 12.2. The fourth-order valence-corrected chi connectivity index (χ4v) is 3.05. The number of aryl methyl sites for hydroxylation is 1. The van der Waals surface area contributed by atoms with E-state index in [0.29, 0.717) is 11.9 Å². The lowest BCUT2D eigenvalue weighted by Gasteiger charge is -2.14. The van der Waals surface area contributed by atoms with Crippen LogP contribution in [-0.2, 0) is 11.3 Å². The number of carbonyl (C=O) groups is 1. The summed E-state index contributed by atoms with van der Waals surface area (Å²) >= 11 is 1.43. The van der Waals surface area contributed by atoms with E-state index in [4.69, 9.17) is 0 Å². The highest BCUT2D eigenvalue weighted by Gasteiger charge is 2.11. The number of nitrogens with zero attached hydrogens (tertiary/aromatic N) is 3. The number of hydrogen-bond acceptors (Lipinski definition) is 5. The van der Waals surface area contributed by atoms with Crippen LogP contribution in [0.3, 0.4) is 0 Å². The lowest BCUT2D eigenvalue weighted by Crippen LogP contribution is -2.29. The molecule has 0 spiro atoms. The molecule has 0 saturated heterocycles. The van der Waals surface area contributed by atoms with Gasteiger partial charge in [0.15, 0.2) is 0 Å². The van der Waals surface area contributed by atoms with Crippen LogP contribution in [0.5, 0.6) is 0 Å². The average molecular weight is 328 g/mol. The summed E-state index contributed by atoms with van der Waals surface area (Å²) in [6.45, 7) is 2.23. The Morgan fingerprint density at radius 3 is 2.91 bits per heavy atom. The molecule has 0 fully saturated rings. The second kappa shape index (κ2) is 6.70. The molecule has 0 aliphatic heterocycles. The lowest BCUT2D eigenvalue weighted by atomic mass is 10.1. The molecule has 1 atom stereocenters. The van der Waals surface area contributed by atoms with Crippen LogP contribution in [0, 0.1) is 0 Å². The lowest BCUT2D eigenvalue weighted by molar-refractivity contribution is -0.121. The molecule has 0 aliphatic carbocycles. The third kappa shape index (κ3) is 3.45. The van der Waals surface area contributed by atoms with Gasteiger partial charge >= 0.3 is 0 Å². The van der Waals surface area contributed by atoms with Gasteiger partial charge in [0.1, 0.15) is 4.83 Å². The van der Waals surface area contributed by atoms with Gasteiger partial charge in [-0.15, -0.1) is 11.3 Å². The minimum Gasteiger partial charge on any atom is -0.350 e. The van der Waals surface area contributed by atoms with Gasteiger partial charge in [0, 0.05) is 25.4 Å². The smallest absolute Gasteiger partial charge is 0.262 e. The van der Waals surface area contributed by atoms with E-state index in [1.165, 1.54) is 22.2 Å². The van der Waals surface area contributed by atoms with Crippen molar-refractivity contribution in [2.24, 2.45) is 0 Å². The monoisotopic (exact) mass is 328 g/mol. The number of rotatable bonds is 5. The largest absolute Gasteiger partial charge is 0.350 e. The average Bonchev–Trinajstić information content (AvgIpc) is 3.04. The highest BCUT2D eigenvalue weighted by molar-refractivity contribution is 7.16. The third-order valence-electron chi connectivity index (χ3n) is 3.61. The summed E-state index contributed by atoms with van der Waals surface area (Å²) in [7, 11) is 0. The van der Waals surface area contributed by atoms with Crippen molar-refractivity contribution >= 4 is 27.5 Å². The summed E-state index contributed by atoms with van der Waals surface area (Å²) in [5.41, 5.74) is 0.887. The van der Waals surface area contributed by atoms with Gasteiger partial charge < -0.3 is 5.32 Å². The third-order valence-corrected chi connectivity index (χ3v) is 4.43. The zero-order chi connectivity index (χ0) is 16.2. The minimum absolute atomic E-state index is 0.0975. The molecule has 0 aliphatic rings. The number of thiophene rings is 1. The van der Waals surface area contributed by atoms with Crippen molar-refractivity contribution in [1.82, 2.24) is 19.9 Å². The summed E-state index contributed by atoms with van der Waals surface area (Å²) in [5.74, 6) is -0.105. The second-order valence-corrected chi connectivity index (χ2v) is 6.10. The van der Waals surface area contributed by atoms with Gasteiger partial charge in [-0.3, -0.25) is 19.1 Å². The fraction of sp³-hybridized carbons (Fsp3) is 0.250. The summed E-state index contributed by atoms with van der Waals surface area (Å²) in [6.07, 6.45) is 5.12. The van der Waals surface area contributed by atoms with E-state index in [9.17, 15) is 9.59 Å². The Morgan fingerprint density at radius 2 is 2.13 bits per heavy atom. The second-order valence-electron chi connectivity index (χ2n) is 5.20. The summed E-state index contributed by atoms with van der Waals surface area (Å²) in [4.78, 5) is 33.2. The quantitative estimate of drug-likeness (QED) is 0.778. The maximum Gasteiger partial charge on any atom is 0.262 e. The Hall–Kier alpha value is -2.54. The van der Waals surface area contributed by atoms with E-state index in [1.807, 2.05) is 24.4 Å². The molecule has 0 unspecified atom stereocenters. The first-order valence-electron chi connectivity index (χ1n) is 7.27. The molecule has 3 aromatic heterocycles. The van der Waals surface area contributed by atoms with Gasteiger partial charge in [0.25, 0.3) is 5.56 Å². The highest BCUT2D eigenvalue weighted by Crippen LogP contribution is 2.13. The first-order chi connectivity index (χ1) is 11.1. The topological polar surface area (TPSA) is 76.9 Å². The van der Waals surface area contributed by atoms with Crippen LogP contribution in [0.15, 0.2) is 47.1 Å². The molecule has 7 heteroatoms. The number of pyridine rings is 1. The predicted molar refractivity (Wildman–Crippen MR) is 89.3 cm³/mol. The first kappa shape index (κ1) is 15.4. The fourth-order valence-electron chi connectivity index (χ4n) is 2.32. The molecule has 6 nitrogen and oxygen atoms in total. The molecular formula is C16H16N4O2S. The number of amides is 1. The zero-order valence-electron chi connectivity index (χ0n) is 12.6. The molecule has 3 aromatic rings. The Morgan fingerprint density at radius 1 is 1.35 bits per heavy atom. The summed E-state index contributed by atoms with van der Waals surface area (Å²) < 4.78 is 1.48. The Labute approximate surface area is 136 Å². The van der Waals surface area contributed by atoms with Crippen molar-refractivity contribution in [3.63, 3.8) is 0 Å². The Kier molecular flexibility index (Phi) is 4.47. The van der Waals surface area contributed by atoms with Gasteiger partial charge in [0.05, 0.1) is 17.8 Å². The Bertz CT molecular complexity index is 872. The predicted octanol–water partition coefficient (Wildman–Crippen LogP) is 2.12. The van der Waals surface area contributed by atoms with Crippen molar-refractivity contribution < 1.29 is 4.79 Å². The van der Waals surface area contributed by atoms with Crippen molar-refractivity contribution in [3.8, 4) is 0 Å². The first-order valence-corrected chi connectivity index (χ1v) is 8.15. The van der Waals surface area contributed by atoms with E-state index < -0.39 is 0 Å². The molecule has 1 N–H and O–H groups in total. The molecule has 0 radical (unpaired) electrons. The molecule has 0 saturated carbocycles. The number of fused-ring (bicyclic) bond motifs is 1. The van der Waals surface area contributed by atoms with Crippen LogP contribution in [-0.4, -0.2) is 20.4 Å². The molecule has 0 aromatic carbocycles. The number of nitrogens with one attached hydrogen (secondary N) is 1. The minimum atomic E-state index is -0.105. The van der Waals surface area contributed by atoms with Crippen molar-refractivity contribution in [1.29, 1.82) is 0 Å². The van der Waals surface area contributed by atoms with Crippen LogP contribution in [0.2, 0.25) is 0 Å². The van der Waals surface area contributed by atoms with Crippen molar-refractivity contribution in [2.45, 2.75) is 25.9 Å². The number of carbonyl (C=O) groups excluding carboxylic acids is 1. The van der Waals surface area contributed by atoms with Crippen LogP contribution in [0.4, 0.5) is 0 Å². The molecule has 1 amide bonds. The summed E-state index contributed by atoms with van der Waals surface area (Å²) in [6, 6.07) is 5.39. The standard InChI is InChI=1S/C16H16N4O2S/c1-11(12-2-6-17-7-3-12)19-14(21)4-8-20-10-18-15-13(16(20)22)5-9-23-15/h2-3,5-7,9-11H,4,8H2,1H3,(H,19,21)/t11-/m0/s1. The normalized spacial score (nSPS) is 12.2. The number of aromatic nitrogens is 3. The molecule has 3 rings (SSSR count). The van der Waals surface area contributed by atoms with Crippen molar-refractivity contribution in [3.05, 3.63) is 58.2 Å². The highest BCUT2D eigenvalue weighted by atomic mass is 32.1. The van der Waals surface area contributed by atoms with E-state index >= 15 is 0 Å². The number of hydrogen-bond donors (Lipinski definition) is 1. The maximum absolute atomic E-state index is 12.2. The van der Waals surface area contributed by atoms with E-state index in [0.717, 1.165) is 10.4 Å². The molecule has 23 heavy (non-hydrogen) atoms. The van der Waals surface area contributed by atoms with Crippen molar-refractivity contribution in [2.75, 3.05) is 0 Å². The van der Waals surface area contributed by atoms with Crippen LogP contribution >= 0.6 is 11.3 Å². The van der Waals surface area contributed by atoms with Crippen LogP contribution in [0.25, 0.3) is 10.2 Å². The Balaban J connectivity index is 1.62. The molecular weight excluding hydrogens is 312 g/mol. The van der Waals surface area contributed by atoms with Gasteiger partial charge in [-0.1, -0.05) is 0 Å². The van der Waals surface area contributed by atoms with E-state index in [2.05, 4.69) is 15.3 Å². The SMILES string of the molecule is C[C@H](NC(=O)CCn1cnc2sccc2c1=O)c1ccncc1. The van der Waals surface area contributed by atoms with Gasteiger partial charge in [0.2, 0.25) is 5.91 Å². The van der Waals surface area contributed by atoms with E-state index in [1.54, 1.807) is 18.5 Å². The molecule has 0 bridgehead atoms. The van der Waals surface area contributed by atoms with Gasteiger partial charge in [-0.05, 0) is 36.1 Å². The molecule has 3 heterocycles. The van der Waals surface area contributed by atoms with E-state index in [-0.39, 0.29) is 23.9 Å². The molecule has 118 valence electrons.